The van der Waals surface area contributed by atoms with Crippen molar-refractivity contribution in [3.8, 4) is 5.69 Å². The number of aromatic nitrogens is 4. The summed E-state index contributed by atoms with van der Waals surface area (Å²) in [5.74, 6) is -0.869. The van der Waals surface area contributed by atoms with E-state index in [2.05, 4.69) is 36.6 Å². The molecule has 0 atom stereocenters. The number of anilines is 1. The highest BCUT2D eigenvalue weighted by molar-refractivity contribution is 9.10. The highest BCUT2D eigenvalue weighted by Gasteiger charge is 2.14. The van der Waals surface area contributed by atoms with Crippen LogP contribution >= 0.6 is 15.9 Å². The Morgan fingerprint density at radius 3 is 2.52 bits per heavy atom. The summed E-state index contributed by atoms with van der Waals surface area (Å²) in [4.78, 5) is 41.3. The molecule has 0 aliphatic rings. The summed E-state index contributed by atoms with van der Waals surface area (Å²) in [6, 6.07) is 16.5. The second-order valence-electron chi connectivity index (χ2n) is 6.61. The molecule has 156 valence electrons. The normalized spacial score (nSPS) is 10.7. The first kappa shape index (κ1) is 20.5. The summed E-state index contributed by atoms with van der Waals surface area (Å²) in [6.07, 6.45) is 2.73. The van der Waals surface area contributed by atoms with E-state index in [-0.39, 0.29) is 24.6 Å². The number of hydrogen-bond acceptors (Lipinski definition) is 5. The third-order valence-electron chi connectivity index (χ3n) is 4.46. The number of nitrogens with one attached hydrogen (secondary N) is 2. The maximum absolute atomic E-state index is 12.7. The molecule has 0 aliphatic carbocycles. The molecule has 4 rings (SSSR count). The van der Waals surface area contributed by atoms with Gasteiger partial charge in [0.05, 0.1) is 24.1 Å². The van der Waals surface area contributed by atoms with Gasteiger partial charge in [0, 0.05) is 4.47 Å². The van der Waals surface area contributed by atoms with Gasteiger partial charge in [-0.3, -0.25) is 19.0 Å². The molecule has 2 N–H and O–H groups in total. The first-order valence-electron chi connectivity index (χ1n) is 9.32. The van der Waals surface area contributed by atoms with Crippen molar-refractivity contribution in [1.82, 2.24) is 24.6 Å². The monoisotopic (exact) mass is 480 g/mol. The van der Waals surface area contributed by atoms with Crippen LogP contribution < -0.4 is 16.2 Å². The van der Waals surface area contributed by atoms with Crippen LogP contribution in [0.4, 0.5) is 5.69 Å². The van der Waals surface area contributed by atoms with Crippen molar-refractivity contribution in [2.45, 2.75) is 6.54 Å². The number of carbonyl (C=O) groups excluding carboxylic acids is 2. The molecular formula is C21H17BrN6O3. The van der Waals surface area contributed by atoms with Gasteiger partial charge in [-0.2, -0.15) is 5.10 Å². The van der Waals surface area contributed by atoms with E-state index in [0.29, 0.717) is 16.7 Å². The molecule has 0 saturated heterocycles. The van der Waals surface area contributed by atoms with E-state index in [1.165, 1.54) is 17.1 Å². The standard InChI is InChI=1S/C21H17BrN6O3/c22-16-8-4-5-9-17(16)26-18(29)11-23-19(30)12-27-13-24-20-15(21(27)31)10-25-28(20)14-6-2-1-3-7-14/h1-10,13H,11-12H2,(H,23,30)(H,26,29). The van der Waals surface area contributed by atoms with Crippen molar-refractivity contribution >= 4 is 44.5 Å². The SMILES string of the molecule is O=C(Cn1cnc2c(cnn2-c2ccccc2)c1=O)NCC(=O)Nc1ccccc1Br. The van der Waals surface area contributed by atoms with Gasteiger partial charge in [-0.05, 0) is 40.2 Å². The number of hydrogen-bond donors (Lipinski definition) is 2. The third-order valence-corrected chi connectivity index (χ3v) is 5.15. The van der Waals surface area contributed by atoms with Crippen LogP contribution in [-0.2, 0) is 16.1 Å². The molecule has 10 heteroatoms. The van der Waals surface area contributed by atoms with E-state index >= 15 is 0 Å². The minimum Gasteiger partial charge on any atom is -0.345 e. The Hall–Kier alpha value is -3.79. The van der Waals surface area contributed by atoms with Gasteiger partial charge < -0.3 is 10.6 Å². The van der Waals surface area contributed by atoms with Crippen molar-refractivity contribution in [3.63, 3.8) is 0 Å². The Morgan fingerprint density at radius 1 is 1.00 bits per heavy atom. The second kappa shape index (κ2) is 8.92. The summed E-state index contributed by atoms with van der Waals surface area (Å²) in [6.45, 7) is -0.489. The Bertz CT molecular complexity index is 1320. The molecule has 4 aromatic rings. The van der Waals surface area contributed by atoms with Crippen LogP contribution in [-0.4, -0.2) is 37.7 Å². The predicted octanol–water partition coefficient (Wildman–Crippen LogP) is 2.10. The van der Waals surface area contributed by atoms with Crippen molar-refractivity contribution in [2.75, 3.05) is 11.9 Å². The van der Waals surface area contributed by atoms with Crippen LogP contribution in [0.3, 0.4) is 0 Å². The highest BCUT2D eigenvalue weighted by Crippen LogP contribution is 2.20. The lowest BCUT2D eigenvalue weighted by molar-refractivity contribution is -0.124. The fraction of sp³-hybridized carbons (Fsp3) is 0.0952. The molecule has 0 aliphatic heterocycles. The number of rotatable bonds is 6. The van der Waals surface area contributed by atoms with Crippen LogP contribution in [0.5, 0.6) is 0 Å². The quantitative estimate of drug-likeness (QED) is 0.438. The lowest BCUT2D eigenvalue weighted by atomic mass is 10.3. The molecule has 0 radical (unpaired) electrons. The maximum atomic E-state index is 12.7. The minimum atomic E-state index is -0.485. The van der Waals surface area contributed by atoms with Gasteiger partial charge in [0.15, 0.2) is 5.65 Å². The Morgan fingerprint density at radius 2 is 1.74 bits per heavy atom. The number of para-hydroxylation sites is 2. The smallest absolute Gasteiger partial charge is 0.264 e. The Kier molecular flexibility index (Phi) is 5.89. The summed E-state index contributed by atoms with van der Waals surface area (Å²) in [7, 11) is 0. The average molecular weight is 481 g/mol. The zero-order valence-electron chi connectivity index (χ0n) is 16.2. The summed E-state index contributed by atoms with van der Waals surface area (Å²) in [5.41, 5.74) is 1.39. The van der Waals surface area contributed by atoms with Gasteiger partial charge in [0.2, 0.25) is 11.8 Å². The Labute approximate surface area is 184 Å². The summed E-state index contributed by atoms with van der Waals surface area (Å²) in [5, 5.41) is 9.73. The summed E-state index contributed by atoms with van der Waals surface area (Å²) < 4.78 is 3.48. The molecule has 31 heavy (non-hydrogen) atoms. The number of halogens is 1. The van der Waals surface area contributed by atoms with Crippen LogP contribution in [0.25, 0.3) is 16.7 Å². The van der Waals surface area contributed by atoms with Gasteiger partial charge in [0.1, 0.15) is 18.3 Å². The van der Waals surface area contributed by atoms with Crippen molar-refractivity contribution in [3.05, 3.63) is 81.9 Å². The van der Waals surface area contributed by atoms with E-state index in [1.54, 1.807) is 22.9 Å². The molecular weight excluding hydrogens is 464 g/mol. The maximum Gasteiger partial charge on any atom is 0.264 e. The largest absolute Gasteiger partial charge is 0.345 e. The van der Waals surface area contributed by atoms with Gasteiger partial charge in [0.25, 0.3) is 5.56 Å². The Balaban J connectivity index is 1.42. The minimum absolute atomic E-state index is 0.226. The van der Waals surface area contributed by atoms with Crippen LogP contribution in [0.2, 0.25) is 0 Å². The lowest BCUT2D eigenvalue weighted by Gasteiger charge is -2.09. The number of fused-ring (bicyclic) bond motifs is 1. The molecule has 0 fully saturated rings. The van der Waals surface area contributed by atoms with E-state index in [1.807, 2.05) is 36.4 Å². The van der Waals surface area contributed by atoms with Crippen LogP contribution in [0.15, 0.2) is 76.4 Å². The van der Waals surface area contributed by atoms with Gasteiger partial charge in [-0.15, -0.1) is 0 Å². The number of benzene rings is 2. The van der Waals surface area contributed by atoms with Gasteiger partial charge in [-0.25, -0.2) is 9.67 Å². The topological polar surface area (TPSA) is 111 Å². The molecule has 0 unspecified atom stereocenters. The van der Waals surface area contributed by atoms with Gasteiger partial charge in [-0.1, -0.05) is 30.3 Å². The molecule has 2 heterocycles. The van der Waals surface area contributed by atoms with Crippen molar-refractivity contribution < 1.29 is 9.59 Å². The van der Waals surface area contributed by atoms with Crippen LogP contribution in [0, 0.1) is 0 Å². The summed E-state index contributed by atoms with van der Waals surface area (Å²) >= 11 is 3.34. The third kappa shape index (κ3) is 4.53. The number of nitrogens with zero attached hydrogens (tertiary/aromatic N) is 4. The highest BCUT2D eigenvalue weighted by atomic mass is 79.9. The second-order valence-corrected chi connectivity index (χ2v) is 7.47. The van der Waals surface area contributed by atoms with Crippen LogP contribution in [0.1, 0.15) is 0 Å². The fourth-order valence-corrected chi connectivity index (χ4v) is 3.35. The van der Waals surface area contributed by atoms with E-state index < -0.39 is 5.91 Å². The lowest BCUT2D eigenvalue weighted by Crippen LogP contribution is -2.37. The van der Waals surface area contributed by atoms with Crippen molar-refractivity contribution in [2.24, 2.45) is 0 Å². The molecule has 0 bridgehead atoms. The molecule has 9 nitrogen and oxygen atoms in total. The van der Waals surface area contributed by atoms with E-state index in [0.717, 1.165) is 10.2 Å². The number of amides is 2. The molecule has 0 saturated carbocycles. The number of carbonyl (C=O) groups is 2. The zero-order chi connectivity index (χ0) is 21.8. The molecule has 0 spiro atoms. The average Bonchev–Trinajstić information content (AvgIpc) is 3.21. The first-order chi connectivity index (χ1) is 15.0. The molecule has 2 amide bonds. The van der Waals surface area contributed by atoms with Gasteiger partial charge >= 0.3 is 0 Å². The first-order valence-corrected chi connectivity index (χ1v) is 10.1. The zero-order valence-corrected chi connectivity index (χ0v) is 17.7. The molecule has 2 aromatic carbocycles. The van der Waals surface area contributed by atoms with E-state index in [4.69, 9.17) is 0 Å². The van der Waals surface area contributed by atoms with E-state index in [9.17, 15) is 14.4 Å². The molecule has 2 aromatic heterocycles. The van der Waals surface area contributed by atoms with Crippen molar-refractivity contribution in [1.29, 1.82) is 0 Å². The fourth-order valence-electron chi connectivity index (χ4n) is 2.97. The predicted molar refractivity (Wildman–Crippen MR) is 119 cm³/mol.